The summed E-state index contributed by atoms with van der Waals surface area (Å²) in [6, 6.07) is 3.07. The molecule has 1 fully saturated rings. The molecule has 20 heavy (non-hydrogen) atoms. The maximum absolute atomic E-state index is 12.6. The van der Waals surface area contributed by atoms with Crippen LogP contribution in [0, 0.1) is 0 Å². The first-order valence-electron chi connectivity index (χ1n) is 6.87. The highest BCUT2D eigenvalue weighted by Gasteiger charge is 2.33. The fraction of sp³-hybridized carbons (Fsp3) is 0.615. The van der Waals surface area contributed by atoms with Crippen LogP contribution in [-0.4, -0.2) is 42.0 Å². The molecular weight excluding hydrogens is 278 g/mol. The lowest BCUT2D eigenvalue weighted by Crippen LogP contribution is -2.44. The van der Waals surface area contributed by atoms with Gasteiger partial charge in [-0.1, -0.05) is 6.42 Å². The van der Waals surface area contributed by atoms with Crippen LogP contribution in [0.5, 0.6) is 0 Å². The average Bonchev–Trinajstić information content (AvgIpc) is 2.48. The Balaban J connectivity index is 2.26. The Morgan fingerprint density at radius 1 is 1.40 bits per heavy atom. The first-order chi connectivity index (χ1) is 9.59. The fourth-order valence-corrected chi connectivity index (χ4v) is 4.22. The van der Waals surface area contributed by atoms with E-state index in [4.69, 9.17) is 10.8 Å². The van der Waals surface area contributed by atoms with Crippen LogP contribution in [0.25, 0.3) is 0 Å². The molecule has 2 heterocycles. The summed E-state index contributed by atoms with van der Waals surface area (Å²) < 4.78 is 26.8. The molecule has 1 aliphatic heterocycles. The standard InChI is InChI=1S/C13H21N3O3S/c14-9-11-4-5-13(10-15-11)20(18,19)16-7-2-1-3-12(16)6-8-17/h4-5,10,12,17H,1-3,6-9,14H2. The van der Waals surface area contributed by atoms with Crippen LogP contribution in [0.4, 0.5) is 0 Å². The Kier molecular flexibility index (Phi) is 5.09. The van der Waals surface area contributed by atoms with Gasteiger partial charge in [-0.2, -0.15) is 4.31 Å². The molecule has 6 nitrogen and oxygen atoms in total. The van der Waals surface area contributed by atoms with Crippen molar-refractivity contribution in [3.05, 3.63) is 24.0 Å². The highest BCUT2D eigenvalue weighted by Crippen LogP contribution is 2.26. The minimum Gasteiger partial charge on any atom is -0.396 e. The second-order valence-electron chi connectivity index (χ2n) is 4.97. The summed E-state index contributed by atoms with van der Waals surface area (Å²) in [6.45, 7) is 0.796. The number of aliphatic hydroxyl groups excluding tert-OH is 1. The van der Waals surface area contributed by atoms with E-state index < -0.39 is 10.0 Å². The Morgan fingerprint density at radius 2 is 2.20 bits per heavy atom. The summed E-state index contributed by atoms with van der Waals surface area (Å²) in [4.78, 5) is 4.24. The minimum absolute atomic E-state index is 0.00104. The molecular formula is C13H21N3O3S. The van der Waals surface area contributed by atoms with Crippen molar-refractivity contribution >= 4 is 10.0 Å². The second-order valence-corrected chi connectivity index (χ2v) is 6.86. The van der Waals surface area contributed by atoms with Gasteiger partial charge in [0.25, 0.3) is 0 Å². The van der Waals surface area contributed by atoms with E-state index in [9.17, 15) is 8.42 Å². The molecule has 1 aliphatic rings. The molecule has 2 rings (SSSR count). The number of hydrogen-bond donors (Lipinski definition) is 2. The summed E-state index contributed by atoms with van der Waals surface area (Å²) in [5.41, 5.74) is 6.12. The smallest absolute Gasteiger partial charge is 0.244 e. The third-order valence-corrected chi connectivity index (χ3v) is 5.58. The first-order valence-corrected chi connectivity index (χ1v) is 8.31. The number of hydrogen-bond acceptors (Lipinski definition) is 5. The van der Waals surface area contributed by atoms with Gasteiger partial charge in [0, 0.05) is 31.9 Å². The molecule has 1 unspecified atom stereocenters. The van der Waals surface area contributed by atoms with Crippen LogP contribution in [0.15, 0.2) is 23.2 Å². The van der Waals surface area contributed by atoms with Gasteiger partial charge in [0.05, 0.1) is 5.69 Å². The SMILES string of the molecule is NCc1ccc(S(=O)(=O)N2CCCCC2CCO)cn1. The van der Waals surface area contributed by atoms with Crippen LogP contribution in [0.2, 0.25) is 0 Å². The molecule has 1 aromatic heterocycles. The third kappa shape index (κ3) is 3.17. The summed E-state index contributed by atoms with van der Waals surface area (Å²) in [6.07, 6.45) is 4.50. The second kappa shape index (κ2) is 6.62. The van der Waals surface area contributed by atoms with Gasteiger partial charge in [-0.15, -0.1) is 0 Å². The van der Waals surface area contributed by atoms with Crippen LogP contribution < -0.4 is 5.73 Å². The van der Waals surface area contributed by atoms with Crippen molar-refractivity contribution < 1.29 is 13.5 Å². The Labute approximate surface area is 119 Å². The number of pyridine rings is 1. The van der Waals surface area contributed by atoms with Crippen LogP contribution in [0.1, 0.15) is 31.4 Å². The first kappa shape index (κ1) is 15.4. The number of aliphatic hydroxyl groups is 1. The molecule has 7 heteroatoms. The molecule has 0 amide bonds. The van der Waals surface area contributed by atoms with Crippen molar-refractivity contribution in [1.29, 1.82) is 0 Å². The highest BCUT2D eigenvalue weighted by atomic mass is 32.2. The van der Waals surface area contributed by atoms with Crippen LogP contribution in [0.3, 0.4) is 0 Å². The molecule has 3 N–H and O–H groups in total. The number of rotatable bonds is 5. The number of piperidine rings is 1. The van der Waals surface area contributed by atoms with Gasteiger partial charge < -0.3 is 10.8 Å². The zero-order chi connectivity index (χ0) is 14.6. The quantitative estimate of drug-likeness (QED) is 0.823. The summed E-state index contributed by atoms with van der Waals surface area (Å²) in [7, 11) is -3.54. The maximum Gasteiger partial charge on any atom is 0.244 e. The fourth-order valence-electron chi connectivity index (χ4n) is 2.55. The number of nitrogens with zero attached hydrogens (tertiary/aromatic N) is 2. The highest BCUT2D eigenvalue weighted by molar-refractivity contribution is 7.89. The van der Waals surface area contributed by atoms with Crippen molar-refractivity contribution in [2.24, 2.45) is 5.73 Å². The van der Waals surface area contributed by atoms with Gasteiger partial charge >= 0.3 is 0 Å². The monoisotopic (exact) mass is 299 g/mol. The zero-order valence-electron chi connectivity index (χ0n) is 11.4. The predicted octanol–water partition coefficient (Wildman–Crippen LogP) is 0.466. The molecule has 0 bridgehead atoms. The van der Waals surface area contributed by atoms with Gasteiger partial charge in [0.15, 0.2) is 0 Å². The van der Waals surface area contributed by atoms with E-state index >= 15 is 0 Å². The topological polar surface area (TPSA) is 96.5 Å². The van der Waals surface area contributed by atoms with Gasteiger partial charge in [-0.3, -0.25) is 4.98 Å². The van der Waals surface area contributed by atoms with Crippen molar-refractivity contribution in [1.82, 2.24) is 9.29 Å². The maximum atomic E-state index is 12.6. The summed E-state index contributed by atoms with van der Waals surface area (Å²) in [5, 5.41) is 9.09. The number of nitrogens with two attached hydrogens (primary N) is 1. The Hall–Kier alpha value is -1.02. The normalized spacial score (nSPS) is 21.0. The molecule has 1 saturated heterocycles. The van der Waals surface area contributed by atoms with E-state index in [-0.39, 0.29) is 24.1 Å². The largest absolute Gasteiger partial charge is 0.396 e. The summed E-state index contributed by atoms with van der Waals surface area (Å²) in [5.74, 6) is 0. The van der Waals surface area contributed by atoms with Crippen LogP contribution >= 0.6 is 0 Å². The number of sulfonamides is 1. The molecule has 112 valence electrons. The molecule has 1 aromatic rings. The van der Waals surface area contributed by atoms with Crippen molar-refractivity contribution in [3.63, 3.8) is 0 Å². The van der Waals surface area contributed by atoms with Gasteiger partial charge in [0.2, 0.25) is 10.0 Å². The number of aromatic nitrogens is 1. The van der Waals surface area contributed by atoms with E-state index in [0.717, 1.165) is 19.3 Å². The van der Waals surface area contributed by atoms with E-state index in [1.165, 1.54) is 10.5 Å². The molecule has 1 atom stereocenters. The molecule has 0 aromatic carbocycles. The Morgan fingerprint density at radius 3 is 2.80 bits per heavy atom. The van der Waals surface area contributed by atoms with E-state index in [1.54, 1.807) is 12.1 Å². The lowest BCUT2D eigenvalue weighted by molar-refractivity contribution is 0.192. The lowest BCUT2D eigenvalue weighted by Gasteiger charge is -2.34. The van der Waals surface area contributed by atoms with Gasteiger partial charge in [-0.25, -0.2) is 8.42 Å². The van der Waals surface area contributed by atoms with E-state index in [1.807, 2.05) is 0 Å². The molecule has 0 aliphatic carbocycles. The molecule has 0 radical (unpaired) electrons. The zero-order valence-corrected chi connectivity index (χ0v) is 12.2. The Bertz CT molecular complexity index is 528. The van der Waals surface area contributed by atoms with Crippen molar-refractivity contribution in [2.75, 3.05) is 13.2 Å². The lowest BCUT2D eigenvalue weighted by atomic mass is 10.0. The van der Waals surface area contributed by atoms with Gasteiger partial charge in [0.1, 0.15) is 4.90 Å². The summed E-state index contributed by atoms with van der Waals surface area (Å²) >= 11 is 0. The van der Waals surface area contributed by atoms with Crippen LogP contribution in [-0.2, 0) is 16.6 Å². The third-order valence-electron chi connectivity index (χ3n) is 3.65. The van der Waals surface area contributed by atoms with Crippen molar-refractivity contribution in [2.45, 2.75) is 43.2 Å². The molecule has 0 spiro atoms. The minimum atomic E-state index is -3.54. The molecule has 0 saturated carbocycles. The average molecular weight is 299 g/mol. The van der Waals surface area contributed by atoms with E-state index in [0.29, 0.717) is 18.7 Å². The predicted molar refractivity (Wildman–Crippen MR) is 75.4 cm³/mol. The van der Waals surface area contributed by atoms with E-state index in [2.05, 4.69) is 4.98 Å². The van der Waals surface area contributed by atoms with Crippen molar-refractivity contribution in [3.8, 4) is 0 Å². The van der Waals surface area contributed by atoms with Gasteiger partial charge in [-0.05, 0) is 31.4 Å².